The molecule has 2 aliphatic heterocycles. The Morgan fingerprint density at radius 2 is 1.83 bits per heavy atom. The number of piperidine rings is 2. The Kier molecular flexibility index (Phi) is 7.29. The highest BCUT2D eigenvalue weighted by atomic mass is 16.5. The fourth-order valence-electron chi connectivity index (χ4n) is 4.00. The number of ether oxygens (including phenoxy) is 1. The summed E-state index contributed by atoms with van der Waals surface area (Å²) in [6.45, 7) is 13.0. The molecule has 23 heavy (non-hydrogen) atoms. The SMILES string of the molecule is CC(C)N1CCC(OCCC(C)N2CC(N)CCC2C)C(N)C1. The highest BCUT2D eigenvalue weighted by Crippen LogP contribution is 2.21. The van der Waals surface area contributed by atoms with Gasteiger partial charge in [-0.05, 0) is 53.4 Å². The minimum absolute atomic E-state index is 0.142. The Hall–Kier alpha value is -0.200. The van der Waals surface area contributed by atoms with Crippen LogP contribution >= 0.6 is 0 Å². The Balaban J connectivity index is 1.70. The summed E-state index contributed by atoms with van der Waals surface area (Å²) in [6.07, 6.45) is 4.71. The predicted octanol–water partition coefficient (Wildman–Crippen LogP) is 1.40. The zero-order chi connectivity index (χ0) is 17.0. The van der Waals surface area contributed by atoms with Crippen LogP contribution in [-0.2, 0) is 4.74 Å². The maximum absolute atomic E-state index is 6.31. The highest BCUT2D eigenvalue weighted by molar-refractivity contribution is 4.86. The van der Waals surface area contributed by atoms with Crippen LogP contribution in [0.25, 0.3) is 0 Å². The molecule has 4 N–H and O–H groups in total. The lowest BCUT2D eigenvalue weighted by Gasteiger charge is -2.41. The van der Waals surface area contributed by atoms with Crippen molar-refractivity contribution in [1.29, 1.82) is 0 Å². The van der Waals surface area contributed by atoms with Gasteiger partial charge in [-0.1, -0.05) is 0 Å². The van der Waals surface area contributed by atoms with Gasteiger partial charge in [-0.2, -0.15) is 0 Å². The molecule has 0 aromatic rings. The van der Waals surface area contributed by atoms with E-state index in [4.69, 9.17) is 16.2 Å². The van der Waals surface area contributed by atoms with Crippen molar-refractivity contribution in [2.45, 2.75) is 89.7 Å². The van der Waals surface area contributed by atoms with Crippen LogP contribution in [0.5, 0.6) is 0 Å². The first-order valence-corrected chi connectivity index (χ1v) is 9.51. The third-order valence-corrected chi connectivity index (χ3v) is 5.75. The molecular weight excluding hydrogens is 288 g/mol. The van der Waals surface area contributed by atoms with Gasteiger partial charge in [0, 0.05) is 56.5 Å². The summed E-state index contributed by atoms with van der Waals surface area (Å²) in [6, 6.07) is 2.23. The molecule has 2 fully saturated rings. The summed E-state index contributed by atoms with van der Waals surface area (Å²) in [5.41, 5.74) is 12.4. The van der Waals surface area contributed by atoms with E-state index in [1.165, 1.54) is 6.42 Å². The summed E-state index contributed by atoms with van der Waals surface area (Å²) in [5, 5.41) is 0. The van der Waals surface area contributed by atoms with Crippen molar-refractivity contribution in [3.63, 3.8) is 0 Å². The first-order valence-electron chi connectivity index (χ1n) is 9.51. The monoisotopic (exact) mass is 326 g/mol. The van der Waals surface area contributed by atoms with Gasteiger partial charge in [-0.15, -0.1) is 0 Å². The summed E-state index contributed by atoms with van der Waals surface area (Å²) in [5.74, 6) is 0. The number of nitrogens with two attached hydrogens (primary N) is 2. The van der Waals surface area contributed by atoms with Gasteiger partial charge in [0.1, 0.15) is 0 Å². The normalized spacial score (nSPS) is 35.6. The van der Waals surface area contributed by atoms with Crippen molar-refractivity contribution in [3.05, 3.63) is 0 Å². The molecular formula is C18H38N4O. The predicted molar refractivity (Wildman–Crippen MR) is 96.5 cm³/mol. The van der Waals surface area contributed by atoms with Crippen molar-refractivity contribution in [1.82, 2.24) is 9.80 Å². The number of nitrogens with zero attached hydrogens (tertiary/aromatic N) is 2. The second kappa shape index (κ2) is 8.77. The van der Waals surface area contributed by atoms with E-state index >= 15 is 0 Å². The Labute approximate surface area is 142 Å². The van der Waals surface area contributed by atoms with Gasteiger partial charge in [0.2, 0.25) is 0 Å². The largest absolute Gasteiger partial charge is 0.376 e. The maximum atomic E-state index is 6.31. The van der Waals surface area contributed by atoms with E-state index < -0.39 is 0 Å². The molecule has 2 saturated heterocycles. The molecule has 0 aromatic heterocycles. The van der Waals surface area contributed by atoms with E-state index in [0.29, 0.717) is 24.2 Å². The minimum atomic E-state index is 0.142. The van der Waals surface area contributed by atoms with Gasteiger partial charge >= 0.3 is 0 Å². The Morgan fingerprint density at radius 1 is 1.09 bits per heavy atom. The maximum Gasteiger partial charge on any atom is 0.0750 e. The van der Waals surface area contributed by atoms with E-state index in [0.717, 1.165) is 45.5 Å². The van der Waals surface area contributed by atoms with Crippen LogP contribution in [0.2, 0.25) is 0 Å². The molecule has 5 unspecified atom stereocenters. The molecule has 0 spiro atoms. The number of rotatable bonds is 6. The molecule has 5 atom stereocenters. The second-order valence-electron chi connectivity index (χ2n) is 7.97. The number of hydrogen-bond donors (Lipinski definition) is 2. The molecule has 0 amide bonds. The summed E-state index contributed by atoms with van der Waals surface area (Å²) in [7, 11) is 0. The first-order chi connectivity index (χ1) is 10.9. The zero-order valence-electron chi connectivity index (χ0n) is 15.6. The van der Waals surface area contributed by atoms with Crippen molar-refractivity contribution < 1.29 is 4.74 Å². The van der Waals surface area contributed by atoms with Gasteiger partial charge in [0.05, 0.1) is 6.10 Å². The lowest BCUT2D eigenvalue weighted by atomic mass is 9.97. The van der Waals surface area contributed by atoms with E-state index in [-0.39, 0.29) is 12.1 Å². The van der Waals surface area contributed by atoms with Crippen LogP contribution in [0.1, 0.15) is 53.4 Å². The molecule has 2 rings (SSSR count). The lowest BCUT2D eigenvalue weighted by molar-refractivity contribution is -0.0227. The molecule has 0 saturated carbocycles. The third-order valence-electron chi connectivity index (χ3n) is 5.75. The molecule has 0 bridgehead atoms. The van der Waals surface area contributed by atoms with Crippen LogP contribution in [0.3, 0.4) is 0 Å². The smallest absolute Gasteiger partial charge is 0.0750 e. The van der Waals surface area contributed by atoms with Gasteiger partial charge in [-0.3, -0.25) is 9.80 Å². The molecule has 5 heteroatoms. The first kappa shape index (κ1) is 19.1. The van der Waals surface area contributed by atoms with Gasteiger partial charge < -0.3 is 16.2 Å². The standard InChI is InChI=1S/C18H38N4O/c1-13(2)21-9-7-18(17(20)12-21)23-10-8-15(4)22-11-16(19)6-5-14(22)3/h13-18H,5-12,19-20H2,1-4H3. The zero-order valence-corrected chi connectivity index (χ0v) is 15.6. The van der Waals surface area contributed by atoms with E-state index in [9.17, 15) is 0 Å². The van der Waals surface area contributed by atoms with Gasteiger partial charge in [0.15, 0.2) is 0 Å². The van der Waals surface area contributed by atoms with E-state index in [2.05, 4.69) is 37.5 Å². The summed E-state index contributed by atoms with van der Waals surface area (Å²) < 4.78 is 6.14. The van der Waals surface area contributed by atoms with Crippen LogP contribution in [0, 0.1) is 0 Å². The van der Waals surface area contributed by atoms with Crippen LogP contribution < -0.4 is 11.5 Å². The molecule has 2 aliphatic rings. The quantitative estimate of drug-likeness (QED) is 0.772. The number of likely N-dealkylation sites (tertiary alicyclic amines) is 2. The van der Waals surface area contributed by atoms with Crippen molar-refractivity contribution >= 4 is 0 Å². The average molecular weight is 327 g/mol. The lowest BCUT2D eigenvalue weighted by Crippen LogP contribution is -2.54. The fraction of sp³-hybridized carbons (Fsp3) is 1.00. The topological polar surface area (TPSA) is 67.8 Å². The average Bonchev–Trinajstić information content (AvgIpc) is 2.50. The van der Waals surface area contributed by atoms with E-state index in [1.54, 1.807) is 0 Å². The third kappa shape index (κ3) is 5.40. The fourth-order valence-corrected chi connectivity index (χ4v) is 4.00. The summed E-state index contributed by atoms with van der Waals surface area (Å²) >= 11 is 0. The molecule has 2 heterocycles. The second-order valence-corrected chi connectivity index (χ2v) is 7.97. The van der Waals surface area contributed by atoms with Crippen LogP contribution in [-0.4, -0.2) is 72.4 Å². The molecule has 136 valence electrons. The van der Waals surface area contributed by atoms with Crippen LogP contribution in [0.15, 0.2) is 0 Å². The molecule has 0 aromatic carbocycles. The minimum Gasteiger partial charge on any atom is -0.376 e. The van der Waals surface area contributed by atoms with Gasteiger partial charge in [0.25, 0.3) is 0 Å². The summed E-state index contributed by atoms with van der Waals surface area (Å²) in [4.78, 5) is 5.00. The highest BCUT2D eigenvalue weighted by Gasteiger charge is 2.29. The van der Waals surface area contributed by atoms with Crippen molar-refractivity contribution in [3.8, 4) is 0 Å². The van der Waals surface area contributed by atoms with Crippen LogP contribution in [0.4, 0.5) is 0 Å². The Bertz CT molecular complexity index is 352. The molecule has 0 radical (unpaired) electrons. The molecule has 5 nitrogen and oxygen atoms in total. The number of hydrogen-bond acceptors (Lipinski definition) is 5. The van der Waals surface area contributed by atoms with Crippen molar-refractivity contribution in [2.75, 3.05) is 26.2 Å². The van der Waals surface area contributed by atoms with Gasteiger partial charge in [-0.25, -0.2) is 0 Å². The Morgan fingerprint density at radius 3 is 2.48 bits per heavy atom. The molecule has 0 aliphatic carbocycles. The van der Waals surface area contributed by atoms with Crippen molar-refractivity contribution in [2.24, 2.45) is 11.5 Å². The van der Waals surface area contributed by atoms with E-state index in [1.807, 2.05) is 0 Å².